The van der Waals surface area contributed by atoms with Gasteiger partial charge < -0.3 is 15.0 Å². The molecule has 136 valence electrons. The van der Waals surface area contributed by atoms with Crippen LogP contribution in [0.25, 0.3) is 0 Å². The Morgan fingerprint density at radius 2 is 2.16 bits per heavy atom. The van der Waals surface area contributed by atoms with Crippen molar-refractivity contribution in [3.63, 3.8) is 0 Å². The number of hydrogen-bond donors (Lipinski definition) is 1. The van der Waals surface area contributed by atoms with Crippen LogP contribution in [0.3, 0.4) is 0 Å². The van der Waals surface area contributed by atoms with E-state index in [0.717, 1.165) is 18.7 Å². The molecule has 6 nitrogen and oxygen atoms in total. The first-order valence-electron chi connectivity index (χ1n) is 8.33. The highest BCUT2D eigenvalue weighted by Crippen LogP contribution is 2.22. The normalized spacial score (nSPS) is 19.9. The number of thioether (sulfide) groups is 1. The lowest BCUT2D eigenvalue weighted by molar-refractivity contribution is -0.132. The van der Waals surface area contributed by atoms with E-state index in [1.807, 2.05) is 6.07 Å². The number of halogens is 1. The summed E-state index contributed by atoms with van der Waals surface area (Å²) < 4.78 is 19.0. The van der Waals surface area contributed by atoms with Crippen molar-refractivity contribution in [2.75, 3.05) is 51.0 Å². The molecule has 1 unspecified atom stereocenters. The number of benzene rings is 1. The average molecular weight is 367 g/mol. The first-order valence-corrected chi connectivity index (χ1v) is 9.48. The van der Waals surface area contributed by atoms with E-state index < -0.39 is 0 Å². The van der Waals surface area contributed by atoms with E-state index in [2.05, 4.69) is 10.2 Å². The van der Waals surface area contributed by atoms with Crippen molar-refractivity contribution in [1.29, 1.82) is 0 Å². The molecule has 25 heavy (non-hydrogen) atoms. The second-order valence-corrected chi connectivity index (χ2v) is 7.05. The molecule has 2 aliphatic heterocycles. The van der Waals surface area contributed by atoms with Gasteiger partial charge in [0.25, 0.3) is 0 Å². The highest BCUT2D eigenvalue weighted by atomic mass is 32.2. The van der Waals surface area contributed by atoms with Crippen LogP contribution in [0.15, 0.2) is 24.3 Å². The van der Waals surface area contributed by atoms with Gasteiger partial charge in [-0.2, -0.15) is 0 Å². The first kappa shape index (κ1) is 18.2. The van der Waals surface area contributed by atoms with E-state index in [0.29, 0.717) is 31.4 Å². The van der Waals surface area contributed by atoms with Gasteiger partial charge in [-0.1, -0.05) is 12.1 Å². The maximum absolute atomic E-state index is 13.6. The molecule has 0 aliphatic carbocycles. The third-order valence-electron chi connectivity index (χ3n) is 4.37. The van der Waals surface area contributed by atoms with Crippen molar-refractivity contribution in [2.24, 2.45) is 0 Å². The molecule has 2 saturated heterocycles. The number of carbonyl (C=O) groups is 2. The minimum atomic E-state index is -0.290. The standard InChI is InChI=1S/C17H22FN3O3S/c18-14-3-1-2-13(8-14)15(20-4-6-24-7-5-20)9-19-16(22)10-21-12-25-11-17(21)23/h1-3,8,15H,4-7,9-12H2,(H,19,22). The fourth-order valence-electron chi connectivity index (χ4n) is 3.04. The largest absolute Gasteiger partial charge is 0.379 e. The summed E-state index contributed by atoms with van der Waals surface area (Å²) in [5.74, 6) is 0.512. The van der Waals surface area contributed by atoms with Gasteiger partial charge in [0.1, 0.15) is 12.4 Å². The van der Waals surface area contributed by atoms with Crippen LogP contribution in [0.2, 0.25) is 0 Å². The van der Waals surface area contributed by atoms with E-state index >= 15 is 0 Å². The molecule has 3 rings (SSSR count). The number of amides is 2. The predicted octanol–water partition coefficient (Wildman–Crippen LogP) is 0.848. The minimum absolute atomic E-state index is 0.00462. The summed E-state index contributed by atoms with van der Waals surface area (Å²) >= 11 is 1.51. The number of hydrogen-bond acceptors (Lipinski definition) is 5. The molecular formula is C17H22FN3O3S. The Bertz CT molecular complexity index is 625. The van der Waals surface area contributed by atoms with E-state index in [-0.39, 0.29) is 30.2 Å². The summed E-state index contributed by atoms with van der Waals surface area (Å²) in [6.07, 6.45) is 0. The van der Waals surface area contributed by atoms with Crippen molar-refractivity contribution >= 4 is 23.6 Å². The molecule has 1 atom stereocenters. The monoisotopic (exact) mass is 367 g/mol. The smallest absolute Gasteiger partial charge is 0.239 e. The van der Waals surface area contributed by atoms with Crippen LogP contribution in [-0.4, -0.2) is 72.6 Å². The molecular weight excluding hydrogens is 345 g/mol. The van der Waals surface area contributed by atoms with E-state index in [1.54, 1.807) is 11.0 Å². The topological polar surface area (TPSA) is 61.9 Å². The molecule has 0 radical (unpaired) electrons. The lowest BCUT2D eigenvalue weighted by Gasteiger charge is -2.35. The quantitative estimate of drug-likeness (QED) is 0.808. The van der Waals surface area contributed by atoms with Crippen molar-refractivity contribution < 1.29 is 18.7 Å². The van der Waals surface area contributed by atoms with Crippen molar-refractivity contribution in [3.05, 3.63) is 35.6 Å². The van der Waals surface area contributed by atoms with E-state index in [9.17, 15) is 14.0 Å². The Morgan fingerprint density at radius 1 is 1.36 bits per heavy atom. The summed E-state index contributed by atoms with van der Waals surface area (Å²) in [4.78, 5) is 27.6. The van der Waals surface area contributed by atoms with Crippen molar-refractivity contribution in [2.45, 2.75) is 6.04 Å². The number of carbonyl (C=O) groups excluding carboxylic acids is 2. The Balaban J connectivity index is 1.62. The molecule has 2 fully saturated rings. The summed E-state index contributed by atoms with van der Waals surface area (Å²) in [5.41, 5.74) is 0.829. The number of nitrogens with zero attached hydrogens (tertiary/aromatic N) is 2. The Hall–Kier alpha value is -1.64. The van der Waals surface area contributed by atoms with Gasteiger partial charge in [-0.25, -0.2) is 4.39 Å². The highest BCUT2D eigenvalue weighted by Gasteiger charge is 2.26. The van der Waals surface area contributed by atoms with Gasteiger partial charge >= 0.3 is 0 Å². The van der Waals surface area contributed by atoms with E-state index in [1.165, 1.54) is 23.9 Å². The molecule has 0 saturated carbocycles. The summed E-state index contributed by atoms with van der Waals surface area (Å²) in [6.45, 7) is 3.16. The van der Waals surface area contributed by atoms with Crippen LogP contribution < -0.4 is 5.32 Å². The second kappa shape index (κ2) is 8.64. The Labute approximate surface area is 150 Å². The summed E-state index contributed by atoms with van der Waals surface area (Å²) in [5, 5.41) is 2.90. The molecule has 1 N–H and O–H groups in total. The van der Waals surface area contributed by atoms with Gasteiger partial charge in [0.2, 0.25) is 11.8 Å². The molecule has 8 heteroatoms. The summed E-state index contributed by atoms with van der Waals surface area (Å²) in [7, 11) is 0. The van der Waals surface area contributed by atoms with Crippen LogP contribution in [0, 0.1) is 5.82 Å². The van der Waals surface area contributed by atoms with Gasteiger partial charge in [-0.15, -0.1) is 11.8 Å². The van der Waals surface area contributed by atoms with Gasteiger partial charge in [0, 0.05) is 19.6 Å². The van der Waals surface area contributed by atoms with Crippen LogP contribution in [0.1, 0.15) is 11.6 Å². The number of nitrogens with one attached hydrogen (secondary N) is 1. The van der Waals surface area contributed by atoms with Crippen molar-refractivity contribution in [3.8, 4) is 0 Å². The van der Waals surface area contributed by atoms with Gasteiger partial charge in [-0.05, 0) is 17.7 Å². The third-order valence-corrected chi connectivity index (χ3v) is 5.32. The Kier molecular flexibility index (Phi) is 6.28. The van der Waals surface area contributed by atoms with Crippen LogP contribution in [-0.2, 0) is 14.3 Å². The molecule has 2 amide bonds. The van der Waals surface area contributed by atoms with Crippen LogP contribution in [0.5, 0.6) is 0 Å². The SMILES string of the molecule is O=C(CN1CSCC1=O)NCC(c1cccc(F)c1)N1CCOCC1. The van der Waals surface area contributed by atoms with E-state index in [4.69, 9.17) is 4.74 Å². The second-order valence-electron chi connectivity index (χ2n) is 6.09. The molecule has 0 bridgehead atoms. The zero-order valence-corrected chi connectivity index (χ0v) is 14.8. The van der Waals surface area contributed by atoms with Crippen LogP contribution in [0.4, 0.5) is 4.39 Å². The lowest BCUT2D eigenvalue weighted by Crippen LogP contribution is -2.45. The third kappa shape index (κ3) is 4.93. The fraction of sp³-hybridized carbons (Fsp3) is 0.529. The zero-order valence-electron chi connectivity index (χ0n) is 13.9. The molecule has 2 heterocycles. The zero-order chi connectivity index (χ0) is 17.6. The highest BCUT2D eigenvalue weighted by molar-refractivity contribution is 8.00. The maximum Gasteiger partial charge on any atom is 0.239 e. The van der Waals surface area contributed by atoms with Crippen LogP contribution >= 0.6 is 11.8 Å². The average Bonchev–Trinajstić information content (AvgIpc) is 3.01. The minimum Gasteiger partial charge on any atom is -0.379 e. The number of rotatable bonds is 6. The molecule has 0 spiro atoms. The Morgan fingerprint density at radius 3 is 2.84 bits per heavy atom. The van der Waals surface area contributed by atoms with Gasteiger partial charge in [-0.3, -0.25) is 14.5 Å². The molecule has 1 aromatic rings. The predicted molar refractivity (Wildman–Crippen MR) is 93.6 cm³/mol. The number of ether oxygens (including phenoxy) is 1. The summed E-state index contributed by atoms with van der Waals surface area (Å²) in [6, 6.07) is 6.35. The molecule has 2 aliphatic rings. The van der Waals surface area contributed by atoms with Gasteiger partial charge in [0.05, 0.1) is 30.9 Å². The molecule has 0 aromatic heterocycles. The van der Waals surface area contributed by atoms with Crippen molar-refractivity contribution in [1.82, 2.24) is 15.1 Å². The van der Waals surface area contributed by atoms with Gasteiger partial charge in [0.15, 0.2) is 0 Å². The maximum atomic E-state index is 13.6. The number of morpholine rings is 1. The fourth-order valence-corrected chi connectivity index (χ4v) is 3.94. The molecule has 1 aromatic carbocycles. The lowest BCUT2D eigenvalue weighted by atomic mass is 10.0. The first-order chi connectivity index (χ1) is 12.1.